The zero-order valence-corrected chi connectivity index (χ0v) is 20.0. The van der Waals surface area contributed by atoms with Gasteiger partial charge in [-0.2, -0.15) is 0 Å². The zero-order chi connectivity index (χ0) is 24.6. The normalized spacial score (nSPS) is 22.4. The van der Waals surface area contributed by atoms with Crippen LogP contribution in [0.4, 0.5) is 10.5 Å². The number of fused-ring (bicyclic) bond motifs is 1. The summed E-state index contributed by atoms with van der Waals surface area (Å²) in [5, 5.41) is 5.90. The van der Waals surface area contributed by atoms with Gasteiger partial charge in [0.2, 0.25) is 12.7 Å². The summed E-state index contributed by atoms with van der Waals surface area (Å²) in [6, 6.07) is 12.7. The first-order chi connectivity index (χ1) is 16.9. The number of nitrogens with zero attached hydrogens (tertiary/aromatic N) is 2. The lowest BCUT2D eigenvalue weighted by molar-refractivity contribution is -0.134. The fourth-order valence-electron chi connectivity index (χ4n) is 4.99. The fraction of sp³-hybridized carbons (Fsp3) is 0.423. The summed E-state index contributed by atoms with van der Waals surface area (Å²) in [6.45, 7) is 5.55. The number of anilines is 1. The molecule has 9 nitrogen and oxygen atoms in total. The number of hydrogen-bond acceptors (Lipinski definition) is 6. The molecule has 0 unspecified atom stereocenters. The molecule has 184 valence electrons. The number of carbonyl (C=O) groups is 3. The smallest absolute Gasteiger partial charge is 0.326 e. The third-order valence-electron chi connectivity index (χ3n) is 7.19. The van der Waals surface area contributed by atoms with Gasteiger partial charge in [0.05, 0.1) is 6.67 Å². The number of benzene rings is 2. The number of rotatable bonds is 6. The van der Waals surface area contributed by atoms with Crippen molar-refractivity contribution in [2.24, 2.45) is 5.92 Å². The van der Waals surface area contributed by atoms with Crippen LogP contribution in [0.15, 0.2) is 42.5 Å². The number of imide groups is 1. The Balaban J connectivity index is 1.18. The average molecular weight is 479 g/mol. The van der Waals surface area contributed by atoms with Crippen LogP contribution < -0.4 is 20.1 Å². The Morgan fingerprint density at radius 3 is 2.51 bits per heavy atom. The lowest BCUT2D eigenvalue weighted by Gasteiger charge is -2.33. The lowest BCUT2D eigenvalue weighted by atomic mass is 9.87. The number of amides is 4. The maximum Gasteiger partial charge on any atom is 0.326 e. The first-order valence-electron chi connectivity index (χ1n) is 12.0. The van der Waals surface area contributed by atoms with Crippen molar-refractivity contribution in [2.75, 3.05) is 31.9 Å². The van der Waals surface area contributed by atoms with Crippen molar-refractivity contribution >= 4 is 23.5 Å². The van der Waals surface area contributed by atoms with Crippen molar-refractivity contribution in [2.45, 2.75) is 38.6 Å². The highest BCUT2D eigenvalue weighted by atomic mass is 16.7. The molecule has 0 bridgehead atoms. The first-order valence-corrected chi connectivity index (χ1v) is 12.0. The Morgan fingerprint density at radius 2 is 1.80 bits per heavy atom. The van der Waals surface area contributed by atoms with Gasteiger partial charge in [0, 0.05) is 30.8 Å². The van der Waals surface area contributed by atoms with E-state index in [1.54, 1.807) is 18.2 Å². The Bertz CT molecular complexity index is 1140. The number of hydrogen-bond donors (Lipinski definition) is 2. The molecule has 0 aliphatic carbocycles. The largest absolute Gasteiger partial charge is 0.454 e. The summed E-state index contributed by atoms with van der Waals surface area (Å²) in [5.74, 6) is 0.896. The first kappa shape index (κ1) is 23.2. The van der Waals surface area contributed by atoms with Crippen LogP contribution in [0, 0.1) is 12.8 Å². The minimum Gasteiger partial charge on any atom is -0.454 e. The fourth-order valence-corrected chi connectivity index (χ4v) is 4.99. The van der Waals surface area contributed by atoms with Gasteiger partial charge in [0.1, 0.15) is 5.54 Å². The molecule has 2 aromatic carbocycles. The molecular weight excluding hydrogens is 448 g/mol. The van der Waals surface area contributed by atoms with Crippen LogP contribution >= 0.6 is 0 Å². The molecule has 2 fully saturated rings. The van der Waals surface area contributed by atoms with E-state index < -0.39 is 5.54 Å². The molecule has 1 atom stereocenters. The van der Waals surface area contributed by atoms with E-state index in [9.17, 15) is 14.4 Å². The van der Waals surface area contributed by atoms with Crippen LogP contribution in [0.25, 0.3) is 0 Å². The van der Waals surface area contributed by atoms with E-state index in [4.69, 9.17) is 9.47 Å². The van der Waals surface area contributed by atoms with Crippen molar-refractivity contribution in [3.8, 4) is 11.5 Å². The van der Waals surface area contributed by atoms with Crippen LogP contribution in [0.5, 0.6) is 11.5 Å². The third-order valence-corrected chi connectivity index (χ3v) is 7.19. The van der Waals surface area contributed by atoms with E-state index in [0.29, 0.717) is 49.5 Å². The highest BCUT2D eigenvalue weighted by molar-refractivity contribution is 6.07. The number of aryl methyl sites for hydroxylation is 1. The van der Waals surface area contributed by atoms with Crippen molar-refractivity contribution < 1.29 is 23.9 Å². The Kier molecular flexibility index (Phi) is 6.10. The quantitative estimate of drug-likeness (QED) is 0.619. The summed E-state index contributed by atoms with van der Waals surface area (Å²) >= 11 is 0. The van der Waals surface area contributed by atoms with E-state index in [1.807, 2.05) is 38.1 Å². The number of piperidine rings is 1. The van der Waals surface area contributed by atoms with Crippen molar-refractivity contribution in [1.29, 1.82) is 0 Å². The molecule has 0 radical (unpaired) electrons. The lowest BCUT2D eigenvalue weighted by Crippen LogP contribution is -2.47. The maximum absolute atomic E-state index is 13.4. The predicted octanol–water partition coefficient (Wildman–Crippen LogP) is 3.19. The van der Waals surface area contributed by atoms with E-state index in [2.05, 4.69) is 15.5 Å². The van der Waals surface area contributed by atoms with Crippen LogP contribution in [-0.4, -0.2) is 54.2 Å². The SMILES string of the molecule is CC[C@@]1(c2ccc(C)cc2)NC(=O)N(CN2CCC(C(=O)Nc3ccc4c(c3)OCO4)CC2)C1=O. The molecule has 2 saturated heterocycles. The van der Waals surface area contributed by atoms with Gasteiger partial charge in [-0.05, 0) is 43.9 Å². The molecule has 0 saturated carbocycles. The molecular formula is C26H30N4O5. The second-order valence-electron chi connectivity index (χ2n) is 9.38. The van der Waals surface area contributed by atoms with Gasteiger partial charge in [-0.1, -0.05) is 36.8 Å². The van der Waals surface area contributed by atoms with E-state index in [0.717, 1.165) is 11.1 Å². The number of carbonyl (C=O) groups excluding carboxylic acids is 3. The number of likely N-dealkylation sites (tertiary alicyclic amines) is 1. The molecule has 3 aliphatic heterocycles. The highest BCUT2D eigenvalue weighted by Crippen LogP contribution is 2.35. The molecule has 3 heterocycles. The van der Waals surface area contributed by atoms with Crippen LogP contribution in [-0.2, 0) is 15.1 Å². The standard InChI is InChI=1S/C26H30N4O5/c1-3-26(19-6-4-17(2)5-7-19)24(32)30(25(33)28-26)15-29-12-10-18(11-13-29)23(31)27-20-8-9-21-22(14-20)35-16-34-21/h4-9,14,18H,3,10-13,15-16H2,1-2H3,(H,27,31)(H,28,33)/t26-/m0/s1. The van der Waals surface area contributed by atoms with Gasteiger partial charge in [0.15, 0.2) is 11.5 Å². The number of urea groups is 1. The summed E-state index contributed by atoms with van der Waals surface area (Å²) < 4.78 is 10.7. The Labute approximate surface area is 204 Å². The molecule has 5 rings (SSSR count). The molecule has 0 spiro atoms. The molecule has 9 heteroatoms. The van der Waals surface area contributed by atoms with Gasteiger partial charge in [-0.3, -0.25) is 14.5 Å². The molecule has 4 amide bonds. The van der Waals surface area contributed by atoms with E-state index >= 15 is 0 Å². The molecule has 3 aliphatic rings. The summed E-state index contributed by atoms with van der Waals surface area (Å²) in [7, 11) is 0. The van der Waals surface area contributed by atoms with E-state index in [-0.39, 0.29) is 37.2 Å². The monoisotopic (exact) mass is 478 g/mol. The van der Waals surface area contributed by atoms with Gasteiger partial charge < -0.3 is 20.1 Å². The van der Waals surface area contributed by atoms with Gasteiger partial charge in [0.25, 0.3) is 5.91 Å². The third kappa shape index (κ3) is 4.32. The second kappa shape index (κ2) is 9.22. The molecule has 0 aromatic heterocycles. The van der Waals surface area contributed by atoms with E-state index in [1.165, 1.54) is 4.90 Å². The van der Waals surface area contributed by atoms with Gasteiger partial charge >= 0.3 is 6.03 Å². The molecule has 35 heavy (non-hydrogen) atoms. The Morgan fingerprint density at radius 1 is 1.09 bits per heavy atom. The topological polar surface area (TPSA) is 100 Å². The van der Waals surface area contributed by atoms with Gasteiger partial charge in [-0.15, -0.1) is 0 Å². The van der Waals surface area contributed by atoms with Crippen molar-refractivity contribution in [1.82, 2.24) is 15.1 Å². The van der Waals surface area contributed by atoms with Crippen LogP contribution in [0.3, 0.4) is 0 Å². The maximum atomic E-state index is 13.4. The predicted molar refractivity (Wildman–Crippen MR) is 129 cm³/mol. The summed E-state index contributed by atoms with van der Waals surface area (Å²) in [6.07, 6.45) is 1.77. The average Bonchev–Trinajstić information content (AvgIpc) is 3.43. The van der Waals surface area contributed by atoms with Crippen molar-refractivity contribution in [3.63, 3.8) is 0 Å². The molecule has 2 aromatic rings. The summed E-state index contributed by atoms with van der Waals surface area (Å²) in [4.78, 5) is 42.4. The number of ether oxygens (including phenoxy) is 2. The zero-order valence-electron chi connectivity index (χ0n) is 20.0. The van der Waals surface area contributed by atoms with Crippen LogP contribution in [0.1, 0.15) is 37.3 Å². The second-order valence-corrected chi connectivity index (χ2v) is 9.38. The minimum atomic E-state index is -1.03. The van der Waals surface area contributed by atoms with Crippen molar-refractivity contribution in [3.05, 3.63) is 53.6 Å². The van der Waals surface area contributed by atoms with Crippen LogP contribution in [0.2, 0.25) is 0 Å². The molecule has 2 N–H and O–H groups in total. The summed E-state index contributed by atoms with van der Waals surface area (Å²) in [5.41, 5.74) is 1.53. The Hall–Kier alpha value is -3.59. The highest BCUT2D eigenvalue weighted by Gasteiger charge is 2.51. The number of nitrogens with one attached hydrogen (secondary N) is 2. The van der Waals surface area contributed by atoms with Gasteiger partial charge in [-0.25, -0.2) is 9.69 Å². The minimum absolute atomic E-state index is 0.0390.